The van der Waals surface area contributed by atoms with E-state index in [4.69, 9.17) is 5.11 Å². The molecule has 0 bridgehead atoms. The molecule has 1 aromatic rings. The Morgan fingerprint density at radius 3 is 2.87 bits per heavy atom. The number of amides is 1. The van der Waals surface area contributed by atoms with Crippen molar-refractivity contribution >= 4 is 5.91 Å². The molecule has 0 saturated carbocycles. The summed E-state index contributed by atoms with van der Waals surface area (Å²) in [5.74, 6) is -1.02. The van der Waals surface area contributed by atoms with E-state index in [-0.39, 0.29) is 18.2 Å². The summed E-state index contributed by atoms with van der Waals surface area (Å²) in [6.07, 6.45) is 0. The van der Waals surface area contributed by atoms with Crippen molar-refractivity contribution in [1.82, 2.24) is 5.32 Å². The molecular formula is C11H14FNO2. The highest BCUT2D eigenvalue weighted by atomic mass is 19.1. The number of aliphatic hydroxyl groups is 1. The zero-order valence-electron chi connectivity index (χ0n) is 8.75. The van der Waals surface area contributed by atoms with Crippen LogP contribution < -0.4 is 5.32 Å². The summed E-state index contributed by atoms with van der Waals surface area (Å²) >= 11 is 0. The van der Waals surface area contributed by atoms with Crippen LogP contribution >= 0.6 is 0 Å². The minimum absolute atomic E-state index is 0.00954. The summed E-state index contributed by atoms with van der Waals surface area (Å²) in [6, 6.07) is 4.26. The minimum Gasteiger partial charge on any atom is -0.394 e. The summed E-state index contributed by atoms with van der Waals surface area (Å²) in [5, 5.41) is 11.2. The number of carbonyl (C=O) groups is 1. The van der Waals surface area contributed by atoms with Crippen LogP contribution in [0.3, 0.4) is 0 Å². The van der Waals surface area contributed by atoms with Crippen LogP contribution in [0.2, 0.25) is 0 Å². The molecule has 0 spiro atoms. The first kappa shape index (κ1) is 11.7. The fourth-order valence-electron chi connectivity index (χ4n) is 1.17. The van der Waals surface area contributed by atoms with Crippen molar-refractivity contribution in [1.29, 1.82) is 0 Å². The SMILES string of the molecule is Cc1cccc(C(=O)N[C@@H](C)CO)c1F. The van der Waals surface area contributed by atoms with Gasteiger partial charge in [-0.25, -0.2) is 4.39 Å². The number of nitrogens with one attached hydrogen (secondary N) is 1. The molecule has 0 unspecified atom stereocenters. The Kier molecular flexibility index (Phi) is 3.80. The normalized spacial score (nSPS) is 12.3. The van der Waals surface area contributed by atoms with E-state index in [0.717, 1.165) is 0 Å². The lowest BCUT2D eigenvalue weighted by Crippen LogP contribution is -2.35. The molecule has 0 heterocycles. The van der Waals surface area contributed by atoms with Gasteiger partial charge in [0.1, 0.15) is 5.82 Å². The lowest BCUT2D eigenvalue weighted by molar-refractivity contribution is 0.0918. The van der Waals surface area contributed by atoms with Gasteiger partial charge in [0.25, 0.3) is 5.91 Å². The summed E-state index contributed by atoms with van der Waals surface area (Å²) in [4.78, 5) is 11.5. The smallest absolute Gasteiger partial charge is 0.254 e. The second-order valence-corrected chi connectivity index (χ2v) is 3.49. The predicted molar refractivity (Wildman–Crippen MR) is 55.2 cm³/mol. The van der Waals surface area contributed by atoms with Gasteiger partial charge in [0.2, 0.25) is 0 Å². The highest BCUT2D eigenvalue weighted by molar-refractivity contribution is 5.94. The Labute approximate surface area is 87.9 Å². The fraction of sp³-hybridized carbons (Fsp3) is 0.364. The first-order valence-corrected chi connectivity index (χ1v) is 4.73. The molecule has 3 nitrogen and oxygen atoms in total. The summed E-state index contributed by atoms with van der Waals surface area (Å²) in [7, 11) is 0. The topological polar surface area (TPSA) is 49.3 Å². The lowest BCUT2D eigenvalue weighted by atomic mass is 10.1. The highest BCUT2D eigenvalue weighted by Crippen LogP contribution is 2.11. The van der Waals surface area contributed by atoms with E-state index in [0.29, 0.717) is 5.56 Å². The van der Waals surface area contributed by atoms with Gasteiger partial charge in [-0.15, -0.1) is 0 Å². The third-order valence-electron chi connectivity index (χ3n) is 2.09. The number of carbonyl (C=O) groups excluding carboxylic acids is 1. The van der Waals surface area contributed by atoms with Gasteiger partial charge in [0.15, 0.2) is 0 Å². The standard InChI is InChI=1S/C11H14FNO2/c1-7-4-3-5-9(10(7)12)11(15)13-8(2)6-14/h3-5,8,14H,6H2,1-2H3,(H,13,15)/t8-/m0/s1. The lowest BCUT2D eigenvalue weighted by Gasteiger charge is -2.11. The van der Waals surface area contributed by atoms with Crippen LogP contribution in [0, 0.1) is 12.7 Å². The number of aliphatic hydroxyl groups excluding tert-OH is 1. The van der Waals surface area contributed by atoms with Crippen LogP contribution in [-0.4, -0.2) is 23.7 Å². The van der Waals surface area contributed by atoms with E-state index < -0.39 is 11.7 Å². The van der Waals surface area contributed by atoms with Crippen LogP contribution in [0.4, 0.5) is 4.39 Å². The fourth-order valence-corrected chi connectivity index (χ4v) is 1.17. The number of benzene rings is 1. The molecule has 0 aliphatic rings. The van der Waals surface area contributed by atoms with Gasteiger partial charge in [-0.2, -0.15) is 0 Å². The minimum atomic E-state index is -0.514. The summed E-state index contributed by atoms with van der Waals surface area (Å²) in [5.41, 5.74) is 0.439. The van der Waals surface area contributed by atoms with E-state index in [1.807, 2.05) is 0 Å². The molecule has 0 aliphatic heterocycles. The molecule has 0 fully saturated rings. The van der Waals surface area contributed by atoms with E-state index in [2.05, 4.69) is 5.32 Å². The maximum absolute atomic E-state index is 13.5. The van der Waals surface area contributed by atoms with Crippen LogP contribution in [0.15, 0.2) is 18.2 Å². The van der Waals surface area contributed by atoms with Gasteiger partial charge < -0.3 is 10.4 Å². The monoisotopic (exact) mass is 211 g/mol. The number of halogens is 1. The molecule has 0 aliphatic carbocycles. The number of rotatable bonds is 3. The third kappa shape index (κ3) is 2.76. The Balaban J connectivity index is 2.87. The molecule has 15 heavy (non-hydrogen) atoms. The predicted octanol–water partition coefficient (Wildman–Crippen LogP) is 1.24. The van der Waals surface area contributed by atoms with Crippen LogP contribution in [-0.2, 0) is 0 Å². The Hall–Kier alpha value is -1.42. The molecule has 1 aromatic carbocycles. The molecule has 0 saturated heterocycles. The molecule has 1 amide bonds. The van der Waals surface area contributed by atoms with Crippen molar-refractivity contribution in [2.75, 3.05) is 6.61 Å². The molecule has 0 radical (unpaired) electrons. The van der Waals surface area contributed by atoms with Crippen LogP contribution in [0.5, 0.6) is 0 Å². The van der Waals surface area contributed by atoms with Crippen LogP contribution in [0.1, 0.15) is 22.8 Å². The molecule has 4 heteroatoms. The van der Waals surface area contributed by atoms with Crippen molar-refractivity contribution in [3.63, 3.8) is 0 Å². The van der Waals surface area contributed by atoms with E-state index in [1.165, 1.54) is 6.07 Å². The Morgan fingerprint density at radius 2 is 2.27 bits per heavy atom. The summed E-state index contributed by atoms with van der Waals surface area (Å²) < 4.78 is 13.5. The van der Waals surface area contributed by atoms with Crippen LogP contribution in [0.25, 0.3) is 0 Å². The van der Waals surface area contributed by atoms with Crippen molar-refractivity contribution < 1.29 is 14.3 Å². The van der Waals surface area contributed by atoms with Gasteiger partial charge >= 0.3 is 0 Å². The van der Waals surface area contributed by atoms with Gasteiger partial charge in [-0.1, -0.05) is 12.1 Å². The van der Waals surface area contributed by atoms with Crippen molar-refractivity contribution in [2.45, 2.75) is 19.9 Å². The number of aryl methyl sites for hydroxylation is 1. The van der Waals surface area contributed by atoms with Crippen molar-refractivity contribution in [3.8, 4) is 0 Å². The third-order valence-corrected chi connectivity index (χ3v) is 2.09. The van der Waals surface area contributed by atoms with Gasteiger partial charge in [0.05, 0.1) is 12.2 Å². The van der Waals surface area contributed by atoms with Crippen molar-refractivity contribution in [2.24, 2.45) is 0 Å². The van der Waals surface area contributed by atoms with Gasteiger partial charge in [-0.3, -0.25) is 4.79 Å². The number of hydrogen-bond acceptors (Lipinski definition) is 2. The van der Waals surface area contributed by atoms with Gasteiger partial charge in [-0.05, 0) is 25.5 Å². The maximum Gasteiger partial charge on any atom is 0.254 e. The molecule has 1 rings (SSSR count). The molecule has 0 aromatic heterocycles. The quantitative estimate of drug-likeness (QED) is 0.790. The van der Waals surface area contributed by atoms with E-state index in [1.54, 1.807) is 26.0 Å². The molecule has 2 N–H and O–H groups in total. The second-order valence-electron chi connectivity index (χ2n) is 3.49. The molecule has 82 valence electrons. The highest BCUT2D eigenvalue weighted by Gasteiger charge is 2.14. The first-order chi connectivity index (χ1) is 7.06. The zero-order valence-corrected chi connectivity index (χ0v) is 8.75. The maximum atomic E-state index is 13.5. The molecule has 1 atom stereocenters. The first-order valence-electron chi connectivity index (χ1n) is 4.73. The Bertz CT molecular complexity index is 366. The van der Waals surface area contributed by atoms with Crippen molar-refractivity contribution in [3.05, 3.63) is 35.1 Å². The molecular weight excluding hydrogens is 197 g/mol. The van der Waals surface area contributed by atoms with E-state index in [9.17, 15) is 9.18 Å². The zero-order chi connectivity index (χ0) is 11.4. The largest absolute Gasteiger partial charge is 0.394 e. The second kappa shape index (κ2) is 4.89. The Morgan fingerprint density at radius 1 is 1.60 bits per heavy atom. The average Bonchev–Trinajstić information content (AvgIpc) is 2.21. The average molecular weight is 211 g/mol. The summed E-state index contributed by atoms with van der Waals surface area (Å²) in [6.45, 7) is 3.08. The number of hydrogen-bond donors (Lipinski definition) is 2. The van der Waals surface area contributed by atoms with Gasteiger partial charge in [0, 0.05) is 6.04 Å². The van der Waals surface area contributed by atoms with E-state index >= 15 is 0 Å².